The van der Waals surface area contributed by atoms with Crippen LogP contribution in [0.2, 0.25) is 5.02 Å². The topological polar surface area (TPSA) is 58.6 Å². The first-order valence-corrected chi connectivity index (χ1v) is 5.00. The van der Waals surface area contributed by atoms with Gasteiger partial charge in [0, 0.05) is 5.56 Å². The van der Waals surface area contributed by atoms with Gasteiger partial charge in [0.1, 0.15) is 5.75 Å². The van der Waals surface area contributed by atoms with Crippen LogP contribution in [0.15, 0.2) is 17.2 Å². The summed E-state index contributed by atoms with van der Waals surface area (Å²) in [5.74, 6) is 5.07. The molecule has 15 heavy (non-hydrogen) atoms. The molecule has 82 valence electrons. The summed E-state index contributed by atoms with van der Waals surface area (Å²) in [5.41, 5.74) is 1.53. The molecule has 1 aromatic rings. The smallest absolute Gasteiger partial charge is 0.143 e. The minimum absolute atomic E-state index is 0.0128. The fourth-order valence-corrected chi connectivity index (χ4v) is 1.46. The Morgan fingerprint density at radius 1 is 1.40 bits per heavy atom. The zero-order valence-electron chi connectivity index (χ0n) is 9.08. The lowest BCUT2D eigenvalue weighted by Crippen LogP contribution is -2.11. The number of halogens is 1. The third kappa shape index (κ3) is 2.63. The monoisotopic (exact) mass is 226 g/mol. The van der Waals surface area contributed by atoms with Crippen molar-refractivity contribution in [3.63, 3.8) is 0 Å². The summed E-state index contributed by atoms with van der Waals surface area (Å²) in [4.78, 5) is 0. The third-order valence-corrected chi connectivity index (χ3v) is 2.46. The molecule has 0 radical (unpaired) electrons. The third-order valence-electron chi connectivity index (χ3n) is 2.17. The summed E-state index contributed by atoms with van der Waals surface area (Å²) in [6, 6.07) is 3.59. The van der Waals surface area contributed by atoms with E-state index in [4.69, 9.17) is 17.4 Å². The molecule has 0 aliphatic heterocycles. The van der Waals surface area contributed by atoms with Gasteiger partial charge in [0.2, 0.25) is 0 Å². The van der Waals surface area contributed by atoms with E-state index in [2.05, 4.69) is 25.9 Å². The average molecular weight is 227 g/mol. The van der Waals surface area contributed by atoms with Crippen molar-refractivity contribution in [1.29, 1.82) is 0 Å². The second-order valence-electron chi connectivity index (χ2n) is 4.42. The predicted octanol–water partition coefficient (Wildman–Crippen LogP) is 2.64. The van der Waals surface area contributed by atoms with Crippen molar-refractivity contribution in [3.05, 3.63) is 28.3 Å². The number of benzene rings is 1. The van der Waals surface area contributed by atoms with Crippen molar-refractivity contribution in [2.45, 2.75) is 26.2 Å². The Balaban J connectivity index is 3.36. The van der Waals surface area contributed by atoms with Gasteiger partial charge in [-0.1, -0.05) is 32.4 Å². The molecular weight excluding hydrogens is 212 g/mol. The Labute approximate surface area is 94.6 Å². The second kappa shape index (κ2) is 4.11. The van der Waals surface area contributed by atoms with E-state index >= 15 is 0 Å². The molecule has 4 heteroatoms. The molecule has 0 saturated carbocycles. The molecule has 0 aromatic heterocycles. The van der Waals surface area contributed by atoms with Crippen molar-refractivity contribution >= 4 is 17.8 Å². The van der Waals surface area contributed by atoms with Gasteiger partial charge < -0.3 is 10.9 Å². The fourth-order valence-electron chi connectivity index (χ4n) is 1.23. The molecule has 0 unspecified atom stereocenters. The Bertz CT molecular complexity index is 394. The summed E-state index contributed by atoms with van der Waals surface area (Å²) in [6.07, 6.45) is 1.39. The van der Waals surface area contributed by atoms with Crippen molar-refractivity contribution in [1.82, 2.24) is 0 Å². The Hall–Kier alpha value is -1.22. The van der Waals surface area contributed by atoms with Crippen LogP contribution in [-0.4, -0.2) is 11.3 Å². The van der Waals surface area contributed by atoms with E-state index in [1.807, 2.05) is 6.07 Å². The largest absolute Gasteiger partial charge is 0.506 e. The van der Waals surface area contributed by atoms with Crippen LogP contribution in [0.5, 0.6) is 5.75 Å². The van der Waals surface area contributed by atoms with E-state index in [0.717, 1.165) is 5.56 Å². The van der Waals surface area contributed by atoms with Crippen LogP contribution in [-0.2, 0) is 5.41 Å². The summed E-state index contributed by atoms with van der Waals surface area (Å²) < 4.78 is 0. The number of aromatic hydroxyl groups is 1. The van der Waals surface area contributed by atoms with Crippen molar-refractivity contribution in [2.75, 3.05) is 0 Å². The maximum Gasteiger partial charge on any atom is 0.143 e. The van der Waals surface area contributed by atoms with Gasteiger partial charge >= 0.3 is 0 Å². The number of hydrazone groups is 1. The van der Waals surface area contributed by atoms with Crippen LogP contribution in [0.4, 0.5) is 0 Å². The summed E-state index contributed by atoms with van der Waals surface area (Å²) >= 11 is 5.91. The van der Waals surface area contributed by atoms with Crippen molar-refractivity contribution in [2.24, 2.45) is 10.9 Å². The predicted molar refractivity (Wildman–Crippen MR) is 63.6 cm³/mol. The van der Waals surface area contributed by atoms with Crippen LogP contribution in [0, 0.1) is 0 Å². The quantitative estimate of drug-likeness (QED) is 0.439. The Morgan fingerprint density at radius 2 is 2.00 bits per heavy atom. The molecule has 3 N–H and O–H groups in total. The van der Waals surface area contributed by atoms with Gasteiger partial charge in [-0.2, -0.15) is 5.10 Å². The van der Waals surface area contributed by atoms with Crippen LogP contribution in [0.1, 0.15) is 31.9 Å². The van der Waals surface area contributed by atoms with E-state index in [9.17, 15) is 5.11 Å². The first kappa shape index (κ1) is 11.9. The molecule has 0 saturated heterocycles. The molecule has 0 aliphatic carbocycles. The zero-order valence-corrected chi connectivity index (χ0v) is 9.84. The minimum Gasteiger partial charge on any atom is -0.506 e. The minimum atomic E-state index is -0.0332. The molecule has 0 amide bonds. The number of nitrogens with two attached hydrogens (primary N) is 1. The van der Waals surface area contributed by atoms with E-state index in [1.54, 1.807) is 6.07 Å². The van der Waals surface area contributed by atoms with E-state index in [1.165, 1.54) is 6.21 Å². The molecule has 1 aromatic carbocycles. The number of hydrogen-bond acceptors (Lipinski definition) is 3. The second-order valence-corrected chi connectivity index (χ2v) is 4.83. The van der Waals surface area contributed by atoms with Gasteiger partial charge in [-0.25, -0.2) is 0 Å². The van der Waals surface area contributed by atoms with Crippen molar-refractivity contribution < 1.29 is 5.11 Å². The van der Waals surface area contributed by atoms with Gasteiger partial charge in [0.05, 0.1) is 11.2 Å². The average Bonchev–Trinajstić information content (AvgIpc) is 2.11. The maximum atomic E-state index is 9.64. The highest BCUT2D eigenvalue weighted by atomic mass is 35.5. The van der Waals surface area contributed by atoms with Gasteiger partial charge in [-0.15, -0.1) is 0 Å². The Morgan fingerprint density at radius 3 is 2.47 bits per heavy atom. The molecule has 0 spiro atoms. The highest BCUT2D eigenvalue weighted by Gasteiger charge is 2.17. The van der Waals surface area contributed by atoms with Crippen LogP contribution in [0.3, 0.4) is 0 Å². The zero-order chi connectivity index (χ0) is 11.6. The molecule has 0 fully saturated rings. The maximum absolute atomic E-state index is 9.64. The van der Waals surface area contributed by atoms with E-state index in [-0.39, 0.29) is 11.2 Å². The molecule has 3 nitrogen and oxygen atoms in total. The van der Waals surface area contributed by atoms with E-state index < -0.39 is 0 Å². The summed E-state index contributed by atoms with van der Waals surface area (Å²) in [7, 11) is 0. The first-order valence-electron chi connectivity index (χ1n) is 4.62. The fraction of sp³-hybridized carbons (Fsp3) is 0.364. The van der Waals surface area contributed by atoms with Gasteiger partial charge in [-0.3, -0.25) is 0 Å². The van der Waals surface area contributed by atoms with Crippen LogP contribution < -0.4 is 5.84 Å². The lowest BCUT2D eigenvalue weighted by molar-refractivity contribution is 0.473. The SMILES string of the molecule is CC(C)(C)c1cc(Cl)c(O)c(C=NN)c1. The summed E-state index contributed by atoms with van der Waals surface area (Å²) in [6.45, 7) is 6.21. The normalized spacial score (nSPS) is 12.3. The van der Waals surface area contributed by atoms with Crippen molar-refractivity contribution in [3.8, 4) is 5.75 Å². The number of rotatable bonds is 1. The lowest BCUT2D eigenvalue weighted by Gasteiger charge is -2.20. The number of phenols is 1. The van der Waals surface area contributed by atoms with E-state index in [0.29, 0.717) is 10.6 Å². The highest BCUT2D eigenvalue weighted by Crippen LogP contribution is 2.33. The lowest BCUT2D eigenvalue weighted by atomic mass is 9.86. The van der Waals surface area contributed by atoms with Crippen LogP contribution >= 0.6 is 11.6 Å². The standard InChI is InChI=1S/C11H15ClN2O/c1-11(2,3)8-4-7(6-14-13)10(15)9(12)5-8/h4-6,15H,13H2,1-3H3. The molecule has 0 heterocycles. The Kier molecular flexibility index (Phi) is 3.25. The summed E-state index contributed by atoms with van der Waals surface area (Å²) in [5, 5.41) is 13.3. The molecule has 0 atom stereocenters. The molecule has 0 bridgehead atoms. The van der Waals surface area contributed by atoms with Gasteiger partial charge in [0.25, 0.3) is 0 Å². The van der Waals surface area contributed by atoms with Gasteiger partial charge in [-0.05, 0) is 23.1 Å². The highest BCUT2D eigenvalue weighted by molar-refractivity contribution is 6.32. The number of phenolic OH excluding ortho intramolecular Hbond substituents is 1. The number of nitrogens with zero attached hydrogens (tertiary/aromatic N) is 1. The molecule has 1 rings (SSSR count). The van der Waals surface area contributed by atoms with Gasteiger partial charge in [0.15, 0.2) is 0 Å². The van der Waals surface area contributed by atoms with Crippen LogP contribution in [0.25, 0.3) is 0 Å². The first-order chi connectivity index (χ1) is 6.86. The molecular formula is C11H15ClN2O. The molecule has 0 aliphatic rings. The number of hydrogen-bond donors (Lipinski definition) is 2.